The molecule has 0 bridgehead atoms. The minimum Gasteiger partial charge on any atom is -0.484 e. The van der Waals surface area contributed by atoms with Gasteiger partial charge in [0.05, 0.1) is 28.2 Å². The van der Waals surface area contributed by atoms with Crippen LogP contribution in [0.15, 0.2) is 41.3 Å². The zero-order chi connectivity index (χ0) is 26.1. The third-order valence-corrected chi connectivity index (χ3v) is 7.03. The van der Waals surface area contributed by atoms with Gasteiger partial charge in [-0.3, -0.25) is 14.4 Å². The first-order chi connectivity index (χ1) is 16.2. The van der Waals surface area contributed by atoms with Gasteiger partial charge in [-0.25, -0.2) is 17.6 Å². The van der Waals surface area contributed by atoms with Gasteiger partial charge >= 0.3 is 6.09 Å². The van der Waals surface area contributed by atoms with Crippen LogP contribution >= 0.6 is 11.6 Å². The number of amides is 2. The molecule has 190 valence electrons. The molecule has 2 aromatic carbocycles. The second kappa shape index (κ2) is 9.90. The van der Waals surface area contributed by atoms with Crippen LogP contribution in [-0.4, -0.2) is 44.7 Å². The summed E-state index contributed by atoms with van der Waals surface area (Å²) in [7, 11) is -4.24. The van der Waals surface area contributed by atoms with Crippen molar-refractivity contribution in [1.29, 1.82) is 0 Å². The van der Waals surface area contributed by atoms with Crippen molar-refractivity contribution < 1.29 is 31.9 Å². The summed E-state index contributed by atoms with van der Waals surface area (Å²) in [6.45, 7) is 8.01. The Kier molecular flexibility index (Phi) is 7.51. The number of ether oxygens (including phenoxy) is 2. The van der Waals surface area contributed by atoms with Crippen LogP contribution in [-0.2, 0) is 19.6 Å². The number of carbonyl (C=O) groups is 2. The van der Waals surface area contributed by atoms with Gasteiger partial charge in [-0.05, 0) is 64.1 Å². The van der Waals surface area contributed by atoms with Crippen molar-refractivity contribution >= 4 is 45.0 Å². The highest BCUT2D eigenvalue weighted by Crippen LogP contribution is 2.40. The van der Waals surface area contributed by atoms with E-state index in [-0.39, 0.29) is 39.5 Å². The molecule has 1 heterocycles. The summed E-state index contributed by atoms with van der Waals surface area (Å²) in [6, 6.07) is 7.05. The van der Waals surface area contributed by atoms with Crippen LogP contribution in [0.5, 0.6) is 5.75 Å². The molecule has 0 unspecified atom stereocenters. The maximum atomic E-state index is 13.7. The highest BCUT2D eigenvalue weighted by molar-refractivity contribution is 7.92. The maximum Gasteiger partial charge on any atom is 0.412 e. The van der Waals surface area contributed by atoms with Crippen molar-refractivity contribution in [2.45, 2.75) is 57.3 Å². The molecule has 12 heteroatoms. The number of hydrogen-bond acceptors (Lipinski definition) is 6. The molecule has 0 fully saturated rings. The third kappa shape index (κ3) is 6.34. The van der Waals surface area contributed by atoms with Gasteiger partial charge in [-0.1, -0.05) is 11.6 Å². The van der Waals surface area contributed by atoms with Gasteiger partial charge in [0.25, 0.3) is 10.0 Å². The summed E-state index contributed by atoms with van der Waals surface area (Å²) in [6.07, 6.45) is -1.45. The molecule has 2 aromatic rings. The van der Waals surface area contributed by atoms with Crippen molar-refractivity contribution in [2.75, 3.05) is 16.2 Å². The van der Waals surface area contributed by atoms with Crippen LogP contribution in [0.2, 0.25) is 5.02 Å². The quantitative estimate of drug-likeness (QED) is 0.599. The lowest BCUT2D eigenvalue weighted by atomic mass is 10.1. The Morgan fingerprint density at radius 3 is 2.51 bits per heavy atom. The number of halogens is 2. The normalized spacial score (nSPS) is 16.5. The molecular formula is C23H27ClFN3O6S. The molecule has 0 radical (unpaired) electrons. The van der Waals surface area contributed by atoms with E-state index in [1.807, 2.05) is 0 Å². The zero-order valence-electron chi connectivity index (χ0n) is 19.9. The topological polar surface area (TPSA) is 114 Å². The van der Waals surface area contributed by atoms with Crippen LogP contribution < -0.4 is 19.7 Å². The maximum absolute atomic E-state index is 13.7. The Morgan fingerprint density at radius 1 is 1.23 bits per heavy atom. The Balaban J connectivity index is 2.04. The fraction of sp³-hybridized carbons (Fsp3) is 0.391. The molecule has 9 nitrogen and oxygen atoms in total. The van der Waals surface area contributed by atoms with Gasteiger partial charge in [0.15, 0.2) is 0 Å². The summed E-state index contributed by atoms with van der Waals surface area (Å²) >= 11 is 5.84. The lowest BCUT2D eigenvalue weighted by molar-refractivity contribution is -0.120. The molecule has 0 aliphatic carbocycles. The molecular weight excluding hydrogens is 501 g/mol. The van der Waals surface area contributed by atoms with Crippen molar-refractivity contribution in [3.8, 4) is 5.75 Å². The smallest absolute Gasteiger partial charge is 0.412 e. The Morgan fingerprint density at radius 2 is 1.91 bits per heavy atom. The summed E-state index contributed by atoms with van der Waals surface area (Å²) < 4.78 is 53.3. The first kappa shape index (κ1) is 26.6. The molecule has 2 N–H and O–H groups in total. The van der Waals surface area contributed by atoms with Crippen molar-refractivity contribution in [2.24, 2.45) is 0 Å². The van der Waals surface area contributed by atoms with Crippen molar-refractivity contribution in [3.63, 3.8) is 0 Å². The summed E-state index contributed by atoms with van der Waals surface area (Å²) in [5.41, 5.74) is -0.316. The van der Waals surface area contributed by atoms with E-state index in [0.29, 0.717) is 0 Å². The molecule has 2 atom stereocenters. The van der Waals surface area contributed by atoms with E-state index in [4.69, 9.17) is 21.1 Å². The number of sulfonamides is 1. The van der Waals surface area contributed by atoms with Crippen molar-refractivity contribution in [1.82, 2.24) is 5.32 Å². The van der Waals surface area contributed by atoms with Gasteiger partial charge in [0, 0.05) is 12.6 Å². The number of fused-ring (bicyclic) bond motifs is 1. The van der Waals surface area contributed by atoms with Crippen molar-refractivity contribution in [3.05, 3.63) is 47.2 Å². The van der Waals surface area contributed by atoms with E-state index in [2.05, 4.69) is 10.6 Å². The summed E-state index contributed by atoms with van der Waals surface area (Å²) in [4.78, 5) is 23.6. The van der Waals surface area contributed by atoms with Crippen LogP contribution in [0.1, 0.15) is 34.6 Å². The van der Waals surface area contributed by atoms with Crippen LogP contribution in [0.4, 0.5) is 20.6 Å². The molecule has 2 amide bonds. The van der Waals surface area contributed by atoms with E-state index < -0.39 is 39.7 Å². The Hall–Kier alpha value is -3.05. The summed E-state index contributed by atoms with van der Waals surface area (Å²) in [5.74, 6) is -0.845. The number of nitrogens with zero attached hydrogens (tertiary/aromatic N) is 1. The largest absolute Gasteiger partial charge is 0.484 e. The number of carbonyl (C=O) groups excluding carboxylic acids is 2. The Labute approximate surface area is 208 Å². The SMILES string of the molecule is CC(=O)N[C@H](C)[C@H]1CN(S(=O)(=O)c2ccc(F)c(Cl)c2)c2cc(NC(=O)OC(C)(C)C)ccc2O1. The molecule has 1 aliphatic heterocycles. The van der Waals surface area contributed by atoms with E-state index in [1.165, 1.54) is 25.1 Å². The number of benzene rings is 2. The lowest BCUT2D eigenvalue weighted by Gasteiger charge is -2.38. The van der Waals surface area contributed by atoms with Crippen LogP contribution in [0, 0.1) is 5.82 Å². The number of rotatable bonds is 5. The van der Waals surface area contributed by atoms with Gasteiger partial charge < -0.3 is 14.8 Å². The average Bonchev–Trinajstić information content (AvgIpc) is 2.72. The van der Waals surface area contributed by atoms with Gasteiger partial charge in [-0.15, -0.1) is 0 Å². The van der Waals surface area contributed by atoms with Gasteiger partial charge in [0.2, 0.25) is 5.91 Å². The Bertz CT molecular complexity index is 1250. The highest BCUT2D eigenvalue weighted by Gasteiger charge is 2.37. The molecule has 1 aliphatic rings. The van der Waals surface area contributed by atoms with E-state index in [1.54, 1.807) is 27.7 Å². The highest BCUT2D eigenvalue weighted by atomic mass is 35.5. The summed E-state index contributed by atoms with van der Waals surface area (Å²) in [5, 5.41) is 4.93. The van der Waals surface area contributed by atoms with Crippen LogP contribution in [0.25, 0.3) is 0 Å². The van der Waals surface area contributed by atoms with Gasteiger partial charge in [-0.2, -0.15) is 0 Å². The second-order valence-corrected chi connectivity index (χ2v) is 11.3. The third-order valence-electron chi connectivity index (χ3n) is 4.96. The number of hydrogen-bond donors (Lipinski definition) is 2. The fourth-order valence-electron chi connectivity index (χ4n) is 3.44. The van der Waals surface area contributed by atoms with E-state index >= 15 is 0 Å². The van der Waals surface area contributed by atoms with E-state index in [9.17, 15) is 22.4 Å². The molecule has 0 aromatic heterocycles. The number of anilines is 2. The molecule has 35 heavy (non-hydrogen) atoms. The van der Waals surface area contributed by atoms with Gasteiger partial charge in [0.1, 0.15) is 23.3 Å². The second-order valence-electron chi connectivity index (χ2n) is 9.07. The first-order valence-electron chi connectivity index (χ1n) is 10.7. The molecule has 0 saturated carbocycles. The predicted molar refractivity (Wildman–Crippen MR) is 130 cm³/mol. The lowest BCUT2D eigenvalue weighted by Crippen LogP contribution is -2.52. The fourth-order valence-corrected chi connectivity index (χ4v) is 5.19. The average molecular weight is 528 g/mol. The van der Waals surface area contributed by atoms with Crippen LogP contribution in [0.3, 0.4) is 0 Å². The molecule has 3 rings (SSSR count). The zero-order valence-corrected chi connectivity index (χ0v) is 21.5. The molecule has 0 saturated heterocycles. The number of nitrogens with one attached hydrogen (secondary N) is 2. The minimum atomic E-state index is -4.24. The predicted octanol–water partition coefficient (Wildman–Crippen LogP) is 4.31. The van der Waals surface area contributed by atoms with E-state index in [0.717, 1.165) is 22.5 Å². The standard InChI is InChI=1S/C23H27ClFN3O6S/c1-13(26-14(2)29)21-12-28(35(31,32)16-7-8-18(25)17(24)11-16)19-10-15(6-9-20(19)33-21)27-22(30)34-23(3,4)5/h6-11,13,21H,12H2,1-5H3,(H,26,29)(H,27,30)/t13-,21-/m1/s1. The minimum absolute atomic E-state index is 0.144. The first-order valence-corrected chi connectivity index (χ1v) is 12.5. The monoisotopic (exact) mass is 527 g/mol. The molecule has 0 spiro atoms.